The van der Waals surface area contributed by atoms with Crippen molar-refractivity contribution in [3.63, 3.8) is 0 Å². The van der Waals surface area contributed by atoms with Crippen molar-refractivity contribution in [2.75, 3.05) is 25.4 Å². The van der Waals surface area contributed by atoms with Crippen molar-refractivity contribution in [3.05, 3.63) is 0 Å². The molecule has 6 heteroatoms. The molecular formula is C8H20N2O3S. The minimum Gasteiger partial charge on any atom is -0.315 e. The molecule has 0 aliphatic rings. The van der Waals surface area contributed by atoms with Crippen LogP contribution in [0.3, 0.4) is 0 Å². The van der Waals surface area contributed by atoms with Crippen molar-refractivity contribution < 1.29 is 13.0 Å². The Bertz CT molecular complexity index is 227. The molecule has 0 spiro atoms. The minimum absolute atomic E-state index is 0.169. The summed E-state index contributed by atoms with van der Waals surface area (Å²) in [6.07, 6.45) is 0.445. The lowest BCUT2D eigenvalue weighted by Gasteiger charge is -2.08. The molecule has 0 aliphatic heterocycles. The van der Waals surface area contributed by atoms with Crippen LogP contribution in [0.5, 0.6) is 0 Å². The highest BCUT2D eigenvalue weighted by molar-refractivity contribution is 7.85. The van der Waals surface area contributed by atoms with Gasteiger partial charge in [-0.2, -0.15) is 8.42 Å². The van der Waals surface area contributed by atoms with Crippen LogP contribution in [0.4, 0.5) is 0 Å². The van der Waals surface area contributed by atoms with Gasteiger partial charge < -0.3 is 10.6 Å². The fourth-order valence-electron chi connectivity index (χ4n) is 0.954. The van der Waals surface area contributed by atoms with Gasteiger partial charge in [0, 0.05) is 19.1 Å². The summed E-state index contributed by atoms with van der Waals surface area (Å²) in [7, 11) is -3.79. The molecule has 0 amide bonds. The maximum Gasteiger partial charge on any atom is 0.264 e. The molecular weight excluding hydrogens is 204 g/mol. The first-order valence-corrected chi connectivity index (χ1v) is 6.42. The van der Waals surface area contributed by atoms with E-state index in [1.165, 1.54) is 0 Å². The highest BCUT2D eigenvalue weighted by Crippen LogP contribution is 1.85. The molecule has 0 rings (SSSR count). The summed E-state index contributed by atoms with van der Waals surface area (Å²) in [5.41, 5.74) is 0. The molecule has 14 heavy (non-hydrogen) atoms. The predicted octanol–water partition coefficient (Wildman–Crippen LogP) is -0.148. The topological polar surface area (TPSA) is 78.4 Å². The Morgan fingerprint density at radius 2 is 1.86 bits per heavy atom. The molecule has 0 aromatic heterocycles. The van der Waals surface area contributed by atoms with E-state index in [4.69, 9.17) is 4.55 Å². The van der Waals surface area contributed by atoms with Crippen LogP contribution < -0.4 is 10.6 Å². The first-order valence-electron chi connectivity index (χ1n) is 4.81. The van der Waals surface area contributed by atoms with Crippen molar-refractivity contribution in [2.45, 2.75) is 26.3 Å². The lowest BCUT2D eigenvalue weighted by Crippen LogP contribution is -2.32. The Labute approximate surface area is 86.0 Å². The number of hydrogen-bond donors (Lipinski definition) is 3. The molecule has 0 aromatic rings. The maximum absolute atomic E-state index is 10.3. The van der Waals surface area contributed by atoms with Crippen LogP contribution in [0, 0.1) is 0 Å². The van der Waals surface area contributed by atoms with Crippen molar-refractivity contribution in [3.8, 4) is 0 Å². The van der Waals surface area contributed by atoms with Gasteiger partial charge >= 0.3 is 0 Å². The smallest absolute Gasteiger partial charge is 0.264 e. The van der Waals surface area contributed by atoms with Crippen molar-refractivity contribution in [2.24, 2.45) is 0 Å². The van der Waals surface area contributed by atoms with E-state index in [0.29, 0.717) is 19.0 Å². The third kappa shape index (κ3) is 11.8. The molecule has 0 aliphatic carbocycles. The van der Waals surface area contributed by atoms with Crippen LogP contribution in [-0.2, 0) is 10.1 Å². The first-order chi connectivity index (χ1) is 6.42. The SMILES string of the molecule is CC(C)NCCNCCCS(=O)(=O)O. The Morgan fingerprint density at radius 3 is 2.36 bits per heavy atom. The van der Waals surface area contributed by atoms with Crippen LogP contribution in [-0.4, -0.2) is 44.4 Å². The summed E-state index contributed by atoms with van der Waals surface area (Å²) in [6, 6.07) is 0.467. The normalized spacial score (nSPS) is 12.3. The fourth-order valence-corrected chi connectivity index (χ4v) is 1.46. The zero-order valence-electron chi connectivity index (χ0n) is 8.78. The second-order valence-corrected chi connectivity index (χ2v) is 5.07. The second-order valence-electron chi connectivity index (χ2n) is 3.50. The molecule has 0 fully saturated rings. The molecule has 0 saturated carbocycles. The first kappa shape index (κ1) is 13.8. The van der Waals surface area contributed by atoms with Crippen LogP contribution in [0.2, 0.25) is 0 Å². The molecule has 3 N–H and O–H groups in total. The van der Waals surface area contributed by atoms with Crippen molar-refractivity contribution in [1.29, 1.82) is 0 Å². The molecule has 0 radical (unpaired) electrons. The zero-order chi connectivity index (χ0) is 11.0. The molecule has 0 bridgehead atoms. The molecule has 5 nitrogen and oxygen atoms in total. The maximum atomic E-state index is 10.3. The zero-order valence-corrected chi connectivity index (χ0v) is 9.60. The van der Waals surface area contributed by atoms with Gasteiger partial charge in [-0.1, -0.05) is 13.8 Å². The summed E-state index contributed by atoms with van der Waals surface area (Å²) in [6.45, 7) is 6.42. The summed E-state index contributed by atoms with van der Waals surface area (Å²) in [5.74, 6) is -0.169. The highest BCUT2D eigenvalue weighted by atomic mass is 32.2. The molecule has 0 aromatic carbocycles. The largest absolute Gasteiger partial charge is 0.315 e. The van der Waals surface area contributed by atoms with E-state index in [-0.39, 0.29) is 5.75 Å². The van der Waals surface area contributed by atoms with Gasteiger partial charge in [0.2, 0.25) is 0 Å². The Kier molecular flexibility index (Phi) is 7.08. The third-order valence-corrected chi connectivity index (χ3v) is 2.41. The monoisotopic (exact) mass is 224 g/mol. The number of rotatable bonds is 8. The van der Waals surface area contributed by atoms with Crippen molar-refractivity contribution in [1.82, 2.24) is 10.6 Å². The van der Waals surface area contributed by atoms with Gasteiger partial charge in [0.25, 0.3) is 10.1 Å². The van der Waals surface area contributed by atoms with E-state index < -0.39 is 10.1 Å². The lowest BCUT2D eigenvalue weighted by atomic mass is 10.4. The van der Waals surface area contributed by atoms with Gasteiger partial charge in [0.15, 0.2) is 0 Å². The lowest BCUT2D eigenvalue weighted by molar-refractivity contribution is 0.479. The average molecular weight is 224 g/mol. The number of nitrogens with one attached hydrogen (secondary N) is 2. The van der Waals surface area contributed by atoms with Crippen LogP contribution in [0.1, 0.15) is 20.3 Å². The van der Waals surface area contributed by atoms with Gasteiger partial charge in [-0.25, -0.2) is 0 Å². The highest BCUT2D eigenvalue weighted by Gasteiger charge is 2.02. The molecule has 0 unspecified atom stereocenters. The van der Waals surface area contributed by atoms with Crippen LogP contribution >= 0.6 is 0 Å². The van der Waals surface area contributed by atoms with Crippen LogP contribution in [0.25, 0.3) is 0 Å². The van der Waals surface area contributed by atoms with E-state index in [9.17, 15) is 8.42 Å². The third-order valence-electron chi connectivity index (χ3n) is 1.61. The summed E-state index contributed by atoms with van der Waals surface area (Å²) in [4.78, 5) is 0. The Morgan fingerprint density at radius 1 is 1.21 bits per heavy atom. The summed E-state index contributed by atoms with van der Waals surface area (Å²) >= 11 is 0. The van der Waals surface area contributed by atoms with Gasteiger partial charge in [-0.05, 0) is 13.0 Å². The molecule has 0 atom stereocenters. The van der Waals surface area contributed by atoms with E-state index >= 15 is 0 Å². The fraction of sp³-hybridized carbons (Fsp3) is 1.00. The number of hydrogen-bond acceptors (Lipinski definition) is 4. The van der Waals surface area contributed by atoms with Gasteiger partial charge in [-0.15, -0.1) is 0 Å². The second kappa shape index (κ2) is 7.17. The van der Waals surface area contributed by atoms with E-state index in [0.717, 1.165) is 13.1 Å². The molecule has 0 heterocycles. The average Bonchev–Trinajstić information content (AvgIpc) is 2.00. The van der Waals surface area contributed by atoms with Crippen molar-refractivity contribution >= 4 is 10.1 Å². The predicted molar refractivity (Wildman–Crippen MR) is 57.0 cm³/mol. The van der Waals surface area contributed by atoms with Gasteiger partial charge in [0.05, 0.1) is 5.75 Å². The van der Waals surface area contributed by atoms with Gasteiger partial charge in [-0.3, -0.25) is 4.55 Å². The standard InChI is InChI=1S/C8H20N2O3S/c1-8(2)10-6-5-9-4-3-7-14(11,12)13/h8-10H,3-7H2,1-2H3,(H,11,12,13). The van der Waals surface area contributed by atoms with Gasteiger partial charge in [0.1, 0.15) is 0 Å². The molecule has 0 saturated heterocycles. The van der Waals surface area contributed by atoms with E-state index in [2.05, 4.69) is 24.5 Å². The summed E-state index contributed by atoms with van der Waals surface area (Å²) in [5, 5.41) is 6.30. The van der Waals surface area contributed by atoms with Crippen LogP contribution in [0.15, 0.2) is 0 Å². The summed E-state index contributed by atoms with van der Waals surface area (Å²) < 4.78 is 29.1. The van der Waals surface area contributed by atoms with E-state index in [1.54, 1.807) is 0 Å². The minimum atomic E-state index is -3.79. The quantitative estimate of drug-likeness (QED) is 0.395. The molecule has 86 valence electrons. The van der Waals surface area contributed by atoms with E-state index in [1.807, 2.05) is 0 Å². The Balaban J connectivity index is 3.15. The Hall–Kier alpha value is -0.170.